The zero-order chi connectivity index (χ0) is 69.8. The highest BCUT2D eigenvalue weighted by atomic mass is 32.1. The van der Waals surface area contributed by atoms with Crippen LogP contribution in [0.15, 0.2) is 107 Å². The lowest BCUT2D eigenvalue weighted by atomic mass is 10.6. The van der Waals surface area contributed by atoms with Crippen LogP contribution in [0, 0.1) is 55.4 Å². The lowest BCUT2D eigenvalue weighted by molar-refractivity contribution is 0.630. The van der Waals surface area contributed by atoms with E-state index in [-0.39, 0.29) is 0 Å². The molecule has 14 aromatic heterocycles. The maximum atomic E-state index is 3.92. The summed E-state index contributed by atoms with van der Waals surface area (Å²) in [7, 11) is 23.7. The van der Waals surface area contributed by atoms with Gasteiger partial charge in [-0.2, -0.15) is 73.8 Å². The van der Waals surface area contributed by atoms with Gasteiger partial charge in [0.1, 0.15) is 73.9 Å². The average Bonchev–Trinajstić information content (AvgIpc) is 4.07. The van der Waals surface area contributed by atoms with Gasteiger partial charge in [0.2, 0.25) is 0 Å². The summed E-state index contributed by atoms with van der Waals surface area (Å²) in [6, 6.07) is 0. The van der Waals surface area contributed by atoms with Gasteiger partial charge in [-0.05, 0) is 81.5 Å². The lowest BCUT2D eigenvalue weighted by Gasteiger charge is -1.84. The third-order valence-electron chi connectivity index (χ3n) is 9.09. The van der Waals surface area contributed by atoms with Crippen molar-refractivity contribution in [3.05, 3.63) is 153 Å². The van der Waals surface area contributed by atoms with Gasteiger partial charge in [-0.25, -0.2) is 24.3 Å². The monoisotopic (exact) mass is 1310 g/mol. The molecule has 504 valence electrons. The Balaban J connectivity index is 0.000000978. The van der Waals surface area contributed by atoms with E-state index in [4.69, 9.17) is 0 Å². The van der Waals surface area contributed by atoms with Gasteiger partial charge in [0, 0.05) is 97.0 Å². The van der Waals surface area contributed by atoms with Crippen molar-refractivity contribution in [3.63, 3.8) is 0 Å². The number of rotatable bonds is 0. The standard InChI is InChI=1S/6C4H7N3.C3H6N4.4C3H5N3.C3H4N2S.2C2H4N4.C2H6/c1-4-6-5-3-7(4)2;1-4-5-3-7(2)6-4;1-4-5-3-6-7(4)2;1-4-3-7(2)6-5-4;2*1-4-3-5-7(2)6-4;1-3-4-5-6-7(3)2;1-6-2-4-5-3-6;1-6-3-4-2-5-6;1-6-3-2-4-5-6;1-6-4-2-3-5-6;1-3-2-4-6-5-3;1-6-2-3-4-5-6;1-6-4-2-3-5-6;1-2/h6*3H,1-2H3;1-2H3;4*2-3H,1H3;3*2H,1H3;1-2H3. The fraction of sp³-hybridized carbons (Fsp3) is 0.479. The number of aryl methyl sites for hydroxylation is 21. The van der Waals surface area contributed by atoms with Gasteiger partial charge in [0.25, 0.3) is 0 Å². The molecule has 0 spiro atoms. The molecule has 45 heteroatoms. The molecule has 0 fully saturated rings. The number of nitrogens with zero attached hydrogens (tertiary/aromatic N) is 44. The van der Waals surface area contributed by atoms with Crippen molar-refractivity contribution >= 4 is 11.7 Å². The Bertz CT molecular complexity index is 3070. The van der Waals surface area contributed by atoms with E-state index < -0.39 is 0 Å². The summed E-state index contributed by atoms with van der Waals surface area (Å²) in [5.74, 6) is 3.54. The summed E-state index contributed by atoms with van der Waals surface area (Å²) in [6.07, 6.45) is 28.0. The van der Waals surface area contributed by atoms with Gasteiger partial charge in [-0.15, -0.1) is 51.0 Å². The van der Waals surface area contributed by atoms with Crippen LogP contribution >= 0.6 is 11.7 Å². The van der Waals surface area contributed by atoms with E-state index in [1.807, 2.05) is 129 Å². The second-order valence-electron chi connectivity index (χ2n) is 17.5. The summed E-state index contributed by atoms with van der Waals surface area (Å²) >= 11 is 1.24. The first kappa shape index (κ1) is 81.2. The van der Waals surface area contributed by atoms with E-state index in [0.717, 1.165) is 46.1 Å². The van der Waals surface area contributed by atoms with E-state index in [1.165, 1.54) is 60.9 Å². The molecule has 0 saturated heterocycles. The predicted molar refractivity (Wildman–Crippen MR) is 336 cm³/mol. The smallest absolute Gasteiger partial charge is 0.162 e. The number of aromatic nitrogens is 44. The topological polar surface area (TPSA) is 464 Å². The molecule has 93 heavy (non-hydrogen) atoms. The van der Waals surface area contributed by atoms with Crippen LogP contribution in [0.5, 0.6) is 0 Å². The Morgan fingerprint density at radius 3 is 1.16 bits per heavy atom. The number of tetrazole rings is 3. The summed E-state index contributed by atoms with van der Waals surface area (Å²) in [4.78, 5) is 17.4. The Kier molecular flexibility index (Phi) is 43.7. The Hall–Kier alpha value is -11.8. The molecule has 0 unspecified atom stereocenters. The van der Waals surface area contributed by atoms with Crippen molar-refractivity contribution in [3.8, 4) is 0 Å². The Morgan fingerprint density at radius 1 is 0.366 bits per heavy atom. The molecule has 0 radical (unpaired) electrons. The molecule has 0 aliphatic rings. The molecule has 0 saturated carbocycles. The van der Waals surface area contributed by atoms with E-state index in [0.29, 0.717) is 0 Å². The summed E-state index contributed by atoms with van der Waals surface area (Å²) < 4.78 is 22.7. The van der Waals surface area contributed by atoms with Crippen molar-refractivity contribution in [1.82, 2.24) is 218 Å². The van der Waals surface area contributed by atoms with Crippen LogP contribution in [-0.2, 0) is 91.6 Å². The summed E-state index contributed by atoms with van der Waals surface area (Å²) in [5.41, 5.74) is 3.88. The van der Waals surface area contributed by atoms with E-state index in [2.05, 4.69) is 157 Å². The third kappa shape index (κ3) is 46.0. The maximum absolute atomic E-state index is 3.92. The molecule has 14 aromatic rings. The fourth-order valence-electron chi connectivity index (χ4n) is 4.48. The fourth-order valence-corrected chi connectivity index (χ4v) is 4.90. The van der Waals surface area contributed by atoms with Crippen LogP contribution < -0.4 is 0 Å². The molecule has 0 aromatic carbocycles. The molecule has 14 heterocycles. The molecule has 0 aliphatic heterocycles. The van der Waals surface area contributed by atoms with Crippen LogP contribution in [0.4, 0.5) is 0 Å². The van der Waals surface area contributed by atoms with Gasteiger partial charge < -0.3 is 9.13 Å². The van der Waals surface area contributed by atoms with E-state index in [1.54, 1.807) is 150 Å². The molecule has 14 rings (SSSR count). The molecule has 0 N–H and O–H groups in total. The predicted octanol–water partition coefficient (Wildman–Crippen LogP) is -0.187. The number of hydrogen-bond acceptors (Lipinski definition) is 32. The summed E-state index contributed by atoms with van der Waals surface area (Å²) in [5, 5.41) is 94.6. The molecule has 0 bridgehead atoms. The SMILES string of the molecule is CC.Cc1cn(C)nn1.Cc1cnn(C)n1.Cc1cnn(C)n1.Cc1cnsn1.Cc1ncn(C)n1.Cc1ncnn1C.Cc1nncn1C.Cc1nnnn1C.Cn1ccnn1.Cn1cncn1.Cn1cnnc1.Cn1cnnn1.Cn1nccn1.Cn1ncnn1. The van der Waals surface area contributed by atoms with Gasteiger partial charge in [0.15, 0.2) is 6.33 Å². The van der Waals surface area contributed by atoms with E-state index >= 15 is 0 Å². The molecule has 0 aliphatic carbocycles. The van der Waals surface area contributed by atoms with Crippen molar-refractivity contribution in [1.29, 1.82) is 0 Å². The quantitative estimate of drug-likeness (QED) is 0.190. The van der Waals surface area contributed by atoms with Crippen molar-refractivity contribution in [2.75, 3.05) is 0 Å². The minimum absolute atomic E-state index is 0.822. The van der Waals surface area contributed by atoms with Crippen LogP contribution in [0.2, 0.25) is 0 Å². The normalized spacial score (nSPS) is 9.02. The molecule has 0 amide bonds. The first-order chi connectivity index (χ1) is 44.3. The second kappa shape index (κ2) is 50.1. The highest BCUT2D eigenvalue weighted by Gasteiger charge is 1.90. The minimum Gasteiger partial charge on any atom is -0.323 e. The molecular weight excluding hydrogens is 1220 g/mol. The van der Waals surface area contributed by atoms with Gasteiger partial charge in [0.05, 0.1) is 78.7 Å². The van der Waals surface area contributed by atoms with Gasteiger partial charge in [-0.1, -0.05) is 24.3 Å². The van der Waals surface area contributed by atoms with Crippen molar-refractivity contribution in [2.24, 2.45) is 91.6 Å². The molecule has 44 nitrogen and oxygen atoms in total. The molecule has 0 atom stereocenters. The molecular formula is C48H86N44S. The maximum Gasteiger partial charge on any atom is 0.162 e. The van der Waals surface area contributed by atoms with Crippen LogP contribution in [0.3, 0.4) is 0 Å². The van der Waals surface area contributed by atoms with Crippen LogP contribution in [0.25, 0.3) is 0 Å². The summed E-state index contributed by atoms with van der Waals surface area (Å²) in [6.45, 7) is 19.2. The lowest BCUT2D eigenvalue weighted by Crippen LogP contribution is -1.92. The van der Waals surface area contributed by atoms with Gasteiger partial charge in [-0.3, -0.25) is 23.4 Å². The van der Waals surface area contributed by atoms with Crippen molar-refractivity contribution in [2.45, 2.75) is 69.2 Å². The van der Waals surface area contributed by atoms with E-state index in [9.17, 15) is 0 Å². The Labute approximate surface area is 541 Å². The third-order valence-corrected chi connectivity index (χ3v) is 9.66. The van der Waals surface area contributed by atoms with Crippen LogP contribution in [-0.4, -0.2) is 218 Å². The zero-order valence-corrected chi connectivity index (χ0v) is 57.7. The minimum atomic E-state index is 0.822. The first-order valence-corrected chi connectivity index (χ1v) is 27.9. The van der Waals surface area contributed by atoms with Crippen LogP contribution in [0.1, 0.15) is 59.9 Å². The highest BCUT2D eigenvalue weighted by Crippen LogP contribution is 1.89. The van der Waals surface area contributed by atoms with Gasteiger partial charge >= 0.3 is 0 Å². The highest BCUT2D eigenvalue weighted by molar-refractivity contribution is 6.99. The number of hydrogen-bond donors (Lipinski definition) is 0. The zero-order valence-electron chi connectivity index (χ0n) is 56.9. The first-order valence-electron chi connectivity index (χ1n) is 27.2. The Morgan fingerprint density at radius 2 is 1.02 bits per heavy atom. The second-order valence-corrected chi connectivity index (χ2v) is 18.0. The average molecular weight is 1310 g/mol. The van der Waals surface area contributed by atoms with Crippen molar-refractivity contribution < 1.29 is 0 Å². The largest absolute Gasteiger partial charge is 0.323 e.